The number of carboxylic acids is 1. The largest absolute Gasteiger partial charge is 0.478 e. The summed E-state index contributed by atoms with van der Waals surface area (Å²) in [6, 6.07) is 13.2. The Kier molecular flexibility index (Phi) is 4.54. The first-order valence-corrected chi connectivity index (χ1v) is 8.31. The van der Waals surface area contributed by atoms with Gasteiger partial charge in [-0.1, -0.05) is 55.3 Å². The third-order valence-corrected chi connectivity index (χ3v) is 4.60. The highest BCUT2D eigenvalue weighted by molar-refractivity contribution is 6.32. The molecule has 0 amide bonds. The highest BCUT2D eigenvalue weighted by Gasteiger charge is 2.15. The first-order chi connectivity index (χ1) is 11.5. The summed E-state index contributed by atoms with van der Waals surface area (Å²) >= 11 is 6.19. The zero-order valence-electron chi connectivity index (χ0n) is 13.6. The van der Waals surface area contributed by atoms with Crippen LogP contribution in [0.2, 0.25) is 5.02 Å². The lowest BCUT2D eigenvalue weighted by Crippen LogP contribution is -2.01. The third kappa shape index (κ3) is 3.00. The van der Waals surface area contributed by atoms with Crippen LogP contribution >= 0.6 is 11.6 Å². The number of aromatic nitrogens is 1. The number of rotatable bonds is 4. The Bertz CT molecular complexity index is 917. The quantitative estimate of drug-likeness (QED) is 0.681. The van der Waals surface area contributed by atoms with Crippen molar-refractivity contribution in [1.29, 1.82) is 0 Å². The molecule has 1 N–H and O–H groups in total. The Morgan fingerprint density at radius 1 is 1.17 bits per heavy atom. The second-order valence-electron chi connectivity index (χ2n) is 5.88. The molecule has 1 aromatic heterocycles. The van der Waals surface area contributed by atoms with E-state index >= 15 is 0 Å². The number of carbonyl (C=O) groups is 1. The smallest absolute Gasteiger partial charge is 0.336 e. The lowest BCUT2D eigenvalue weighted by molar-refractivity contribution is 0.0699. The van der Waals surface area contributed by atoms with E-state index in [1.54, 1.807) is 18.2 Å². The lowest BCUT2D eigenvalue weighted by atomic mass is 10.0. The summed E-state index contributed by atoms with van der Waals surface area (Å²) in [5, 5.41) is 10.8. The van der Waals surface area contributed by atoms with Crippen molar-refractivity contribution in [2.45, 2.75) is 26.7 Å². The molecule has 0 radical (unpaired) electrons. The zero-order valence-corrected chi connectivity index (χ0v) is 14.4. The second kappa shape index (κ2) is 6.62. The van der Waals surface area contributed by atoms with Gasteiger partial charge in [0.1, 0.15) is 0 Å². The first-order valence-electron chi connectivity index (χ1n) is 7.93. The van der Waals surface area contributed by atoms with Gasteiger partial charge in [0.05, 0.1) is 16.8 Å². The topological polar surface area (TPSA) is 50.2 Å². The Balaban J connectivity index is 2.21. The molecule has 0 aliphatic heterocycles. The highest BCUT2D eigenvalue weighted by Crippen LogP contribution is 2.30. The number of aryl methyl sites for hydroxylation is 2. The van der Waals surface area contributed by atoms with Crippen molar-refractivity contribution in [3.63, 3.8) is 0 Å². The fraction of sp³-hybridized carbons (Fsp3) is 0.200. The number of halogens is 1. The van der Waals surface area contributed by atoms with E-state index in [4.69, 9.17) is 11.6 Å². The van der Waals surface area contributed by atoms with Gasteiger partial charge in [-0.25, -0.2) is 9.78 Å². The molecule has 3 aromatic rings. The predicted octanol–water partition coefficient (Wildman–Crippen LogP) is 5.51. The van der Waals surface area contributed by atoms with Crippen molar-refractivity contribution in [2.24, 2.45) is 0 Å². The SMILES string of the molecule is CCCc1ccc(-c2cc(C(=O)O)c3ccc(Cl)c(C)c3n2)cc1. The Morgan fingerprint density at radius 2 is 1.88 bits per heavy atom. The maximum Gasteiger partial charge on any atom is 0.336 e. The summed E-state index contributed by atoms with van der Waals surface area (Å²) in [5.41, 5.74) is 4.48. The van der Waals surface area contributed by atoms with E-state index in [-0.39, 0.29) is 5.56 Å². The van der Waals surface area contributed by atoms with Gasteiger partial charge in [-0.05, 0) is 36.6 Å². The Labute approximate surface area is 145 Å². The molecule has 0 atom stereocenters. The van der Waals surface area contributed by atoms with Gasteiger partial charge in [0.15, 0.2) is 0 Å². The summed E-state index contributed by atoms with van der Waals surface area (Å²) in [7, 11) is 0. The molecule has 0 spiro atoms. The van der Waals surface area contributed by atoms with Crippen LogP contribution in [0.1, 0.15) is 34.8 Å². The monoisotopic (exact) mass is 339 g/mol. The van der Waals surface area contributed by atoms with Crippen LogP contribution in [0.3, 0.4) is 0 Å². The Morgan fingerprint density at radius 3 is 2.50 bits per heavy atom. The molecular formula is C20H18ClNO2. The molecule has 0 aliphatic rings. The van der Waals surface area contributed by atoms with E-state index in [2.05, 4.69) is 24.0 Å². The lowest BCUT2D eigenvalue weighted by Gasteiger charge is -2.10. The molecule has 3 nitrogen and oxygen atoms in total. The van der Waals surface area contributed by atoms with E-state index in [0.717, 1.165) is 24.0 Å². The number of pyridine rings is 1. The van der Waals surface area contributed by atoms with Gasteiger partial charge in [0.25, 0.3) is 0 Å². The van der Waals surface area contributed by atoms with Crippen LogP contribution in [-0.2, 0) is 6.42 Å². The van der Waals surface area contributed by atoms with Crippen LogP contribution < -0.4 is 0 Å². The summed E-state index contributed by atoms with van der Waals surface area (Å²) in [4.78, 5) is 16.3. The molecule has 4 heteroatoms. The number of benzene rings is 2. The standard InChI is InChI=1S/C20H18ClNO2/c1-3-4-13-5-7-14(8-6-13)18-11-16(20(23)24)15-9-10-17(21)12(2)19(15)22-18/h5-11H,3-4H2,1-2H3,(H,23,24). The van der Waals surface area contributed by atoms with Gasteiger partial charge >= 0.3 is 5.97 Å². The number of hydrogen-bond donors (Lipinski definition) is 1. The maximum atomic E-state index is 11.7. The molecule has 3 rings (SSSR count). The van der Waals surface area contributed by atoms with E-state index in [0.29, 0.717) is 21.6 Å². The van der Waals surface area contributed by atoms with Crippen molar-refractivity contribution < 1.29 is 9.90 Å². The summed E-state index contributed by atoms with van der Waals surface area (Å²) < 4.78 is 0. The molecule has 0 bridgehead atoms. The molecule has 2 aromatic carbocycles. The molecule has 0 aliphatic carbocycles. The average molecular weight is 340 g/mol. The number of hydrogen-bond acceptors (Lipinski definition) is 2. The predicted molar refractivity (Wildman–Crippen MR) is 97.9 cm³/mol. The van der Waals surface area contributed by atoms with E-state index < -0.39 is 5.97 Å². The maximum absolute atomic E-state index is 11.7. The summed E-state index contributed by atoms with van der Waals surface area (Å²) in [5.74, 6) is -0.965. The van der Waals surface area contributed by atoms with Crippen LogP contribution in [-0.4, -0.2) is 16.1 Å². The van der Waals surface area contributed by atoms with Gasteiger partial charge in [-0.2, -0.15) is 0 Å². The average Bonchev–Trinajstić information content (AvgIpc) is 2.58. The van der Waals surface area contributed by atoms with Crippen molar-refractivity contribution in [3.8, 4) is 11.3 Å². The van der Waals surface area contributed by atoms with Crippen LogP contribution in [0.4, 0.5) is 0 Å². The molecule has 0 unspecified atom stereocenters. The molecule has 0 saturated carbocycles. The van der Waals surface area contributed by atoms with Crippen molar-refractivity contribution in [3.05, 3.63) is 64.2 Å². The van der Waals surface area contributed by atoms with Crippen molar-refractivity contribution >= 4 is 28.5 Å². The minimum absolute atomic E-state index is 0.243. The van der Waals surface area contributed by atoms with Crippen molar-refractivity contribution in [2.75, 3.05) is 0 Å². The van der Waals surface area contributed by atoms with Crippen LogP contribution in [0, 0.1) is 6.92 Å². The summed E-state index contributed by atoms with van der Waals surface area (Å²) in [6.07, 6.45) is 2.12. The molecule has 122 valence electrons. The van der Waals surface area contributed by atoms with Gasteiger partial charge < -0.3 is 5.11 Å². The van der Waals surface area contributed by atoms with Gasteiger partial charge in [-0.15, -0.1) is 0 Å². The summed E-state index contributed by atoms with van der Waals surface area (Å²) in [6.45, 7) is 4.00. The number of nitrogens with zero attached hydrogens (tertiary/aromatic N) is 1. The van der Waals surface area contributed by atoms with Crippen LogP contribution in [0.15, 0.2) is 42.5 Å². The first kappa shape index (κ1) is 16.5. The highest BCUT2D eigenvalue weighted by atomic mass is 35.5. The van der Waals surface area contributed by atoms with Gasteiger partial charge in [0, 0.05) is 16.0 Å². The van der Waals surface area contributed by atoms with Gasteiger partial charge in [0.2, 0.25) is 0 Å². The minimum atomic E-state index is -0.965. The number of carboxylic acid groups (broad SMARTS) is 1. The fourth-order valence-electron chi connectivity index (χ4n) is 2.86. The molecule has 0 saturated heterocycles. The third-order valence-electron chi connectivity index (χ3n) is 4.19. The second-order valence-corrected chi connectivity index (χ2v) is 6.28. The minimum Gasteiger partial charge on any atom is -0.478 e. The molecule has 0 fully saturated rings. The number of aromatic carboxylic acids is 1. The van der Waals surface area contributed by atoms with Crippen LogP contribution in [0.25, 0.3) is 22.2 Å². The fourth-order valence-corrected chi connectivity index (χ4v) is 3.01. The zero-order chi connectivity index (χ0) is 17.3. The van der Waals surface area contributed by atoms with E-state index in [1.165, 1.54) is 5.56 Å². The van der Waals surface area contributed by atoms with Gasteiger partial charge in [-0.3, -0.25) is 0 Å². The molecule has 1 heterocycles. The van der Waals surface area contributed by atoms with Crippen LogP contribution in [0.5, 0.6) is 0 Å². The normalized spacial score (nSPS) is 11.0. The van der Waals surface area contributed by atoms with E-state index in [9.17, 15) is 9.90 Å². The molecular weight excluding hydrogens is 322 g/mol. The Hall–Kier alpha value is -2.39. The number of fused-ring (bicyclic) bond motifs is 1. The molecule has 24 heavy (non-hydrogen) atoms. The van der Waals surface area contributed by atoms with E-state index in [1.807, 2.05) is 19.1 Å². The van der Waals surface area contributed by atoms with Crippen molar-refractivity contribution in [1.82, 2.24) is 4.98 Å².